The fraction of sp³-hybridized carbons (Fsp3) is 0.820. The molecule has 4 atom stereocenters. The lowest BCUT2D eigenvalue weighted by Gasteiger charge is -2.27. The van der Waals surface area contributed by atoms with Gasteiger partial charge in [0.15, 0.2) is 0 Å². The summed E-state index contributed by atoms with van der Waals surface area (Å²) in [6.07, 6.45) is 55.0. The van der Waals surface area contributed by atoms with Crippen molar-refractivity contribution in [3.8, 4) is 0 Å². The molecule has 0 saturated carbocycles. The predicted molar refractivity (Wildman–Crippen MR) is 242 cm³/mol. The van der Waals surface area contributed by atoms with Crippen LogP contribution in [-0.4, -0.2) is 57.3 Å². The van der Waals surface area contributed by atoms with Gasteiger partial charge in [-0.15, -0.1) is 0 Å². The lowest BCUT2D eigenvalue weighted by Crippen LogP contribution is -2.53. The molecule has 0 saturated heterocycles. The molecule has 0 fully saturated rings. The molecule has 1 amide bonds. The van der Waals surface area contributed by atoms with Crippen LogP contribution in [0.25, 0.3) is 0 Å². The maximum Gasteiger partial charge on any atom is 0.249 e. The summed E-state index contributed by atoms with van der Waals surface area (Å²) in [5.74, 6) is -0.638. The Kier molecular flexibility index (Phi) is 43.0. The smallest absolute Gasteiger partial charge is 0.249 e. The fourth-order valence-electron chi connectivity index (χ4n) is 7.14. The standard InChI is InChI=1S/C50H93NO5/c1-3-5-7-9-11-13-14-15-16-17-18-19-20-21-22-23-24-25-26-27-28-29-30-31-32-33-34-35-36-38-39-41-43-47(53)49(55)46(45-52)51-50(56)48(54)44-42-40-37-12-10-8-6-4-2/h28-29,32-33,36-38,40,46-49,52-55H,3-27,30-31,34-35,39,41-45H2,1-2H3,(H,51,56)/b29-28+,33-32+,38-36+,40-37-. The second kappa shape index (κ2) is 44.4. The van der Waals surface area contributed by atoms with Crippen molar-refractivity contribution in [2.75, 3.05) is 6.61 Å². The Hall–Kier alpha value is -1.73. The van der Waals surface area contributed by atoms with E-state index in [0.29, 0.717) is 19.3 Å². The van der Waals surface area contributed by atoms with Crippen LogP contribution in [0.4, 0.5) is 0 Å². The molecule has 0 bridgehead atoms. The van der Waals surface area contributed by atoms with Crippen molar-refractivity contribution in [2.45, 2.75) is 257 Å². The first-order valence-electron chi connectivity index (χ1n) is 24.0. The monoisotopic (exact) mass is 788 g/mol. The number of amides is 1. The van der Waals surface area contributed by atoms with E-state index >= 15 is 0 Å². The maximum atomic E-state index is 12.4. The Labute approximate surface area is 347 Å². The average molecular weight is 788 g/mol. The molecule has 56 heavy (non-hydrogen) atoms. The minimum Gasteiger partial charge on any atom is -0.394 e. The van der Waals surface area contributed by atoms with E-state index in [9.17, 15) is 25.2 Å². The van der Waals surface area contributed by atoms with Gasteiger partial charge < -0.3 is 25.7 Å². The highest BCUT2D eigenvalue weighted by molar-refractivity contribution is 5.80. The number of allylic oxidation sites excluding steroid dienone is 8. The van der Waals surface area contributed by atoms with Gasteiger partial charge in [0.1, 0.15) is 12.2 Å². The van der Waals surface area contributed by atoms with Crippen LogP contribution in [0.15, 0.2) is 48.6 Å². The minimum atomic E-state index is -1.30. The second-order valence-corrected chi connectivity index (χ2v) is 16.4. The van der Waals surface area contributed by atoms with Gasteiger partial charge in [0.2, 0.25) is 5.91 Å². The molecule has 0 heterocycles. The topological polar surface area (TPSA) is 110 Å². The average Bonchev–Trinajstić information content (AvgIpc) is 3.20. The SMILES string of the molecule is CCCCCC/C=C\CCC(O)C(=O)NC(CO)C(O)C(O)CCC/C=C/CC/C=C/CC/C=C/CCCCCCCCCCCCCCCCCCCCC. The maximum absolute atomic E-state index is 12.4. The van der Waals surface area contributed by atoms with Crippen molar-refractivity contribution in [2.24, 2.45) is 0 Å². The number of carbonyl (C=O) groups excluding carboxylic acids is 1. The molecule has 0 radical (unpaired) electrons. The highest BCUT2D eigenvalue weighted by Gasteiger charge is 2.28. The van der Waals surface area contributed by atoms with E-state index < -0.39 is 36.9 Å². The van der Waals surface area contributed by atoms with Crippen molar-refractivity contribution in [1.29, 1.82) is 0 Å². The number of hydrogen-bond donors (Lipinski definition) is 5. The van der Waals surface area contributed by atoms with Crippen LogP contribution >= 0.6 is 0 Å². The van der Waals surface area contributed by atoms with E-state index in [4.69, 9.17) is 0 Å². The van der Waals surface area contributed by atoms with Gasteiger partial charge in [-0.3, -0.25) is 4.79 Å². The van der Waals surface area contributed by atoms with Crippen LogP contribution in [0.2, 0.25) is 0 Å². The molecule has 6 heteroatoms. The van der Waals surface area contributed by atoms with Gasteiger partial charge in [0.25, 0.3) is 0 Å². The summed E-state index contributed by atoms with van der Waals surface area (Å²) in [5, 5.41) is 43.4. The summed E-state index contributed by atoms with van der Waals surface area (Å²) in [7, 11) is 0. The molecule has 0 spiro atoms. The number of hydrogen-bond acceptors (Lipinski definition) is 5. The van der Waals surface area contributed by atoms with Gasteiger partial charge in [-0.2, -0.15) is 0 Å². The summed E-state index contributed by atoms with van der Waals surface area (Å²) in [5.41, 5.74) is 0. The van der Waals surface area contributed by atoms with Crippen LogP contribution in [0, 0.1) is 0 Å². The van der Waals surface area contributed by atoms with E-state index in [-0.39, 0.29) is 6.42 Å². The zero-order chi connectivity index (χ0) is 41.0. The Morgan fingerprint density at radius 1 is 0.429 bits per heavy atom. The van der Waals surface area contributed by atoms with Crippen LogP contribution in [0.3, 0.4) is 0 Å². The highest BCUT2D eigenvalue weighted by atomic mass is 16.3. The van der Waals surface area contributed by atoms with E-state index in [1.807, 2.05) is 6.08 Å². The Morgan fingerprint density at radius 3 is 1.14 bits per heavy atom. The molecule has 0 aliphatic rings. The quantitative estimate of drug-likeness (QED) is 0.0312. The number of aliphatic hydroxyl groups excluding tert-OH is 4. The third-order valence-corrected chi connectivity index (χ3v) is 11.0. The molecule has 5 N–H and O–H groups in total. The van der Waals surface area contributed by atoms with Crippen molar-refractivity contribution in [3.05, 3.63) is 48.6 Å². The minimum absolute atomic E-state index is 0.271. The summed E-state index contributed by atoms with van der Waals surface area (Å²) in [6, 6.07) is -1.03. The highest BCUT2D eigenvalue weighted by Crippen LogP contribution is 2.16. The molecule has 6 nitrogen and oxygen atoms in total. The zero-order valence-electron chi connectivity index (χ0n) is 36.9. The summed E-state index contributed by atoms with van der Waals surface area (Å²) in [6.45, 7) is 3.96. The molecule has 0 aliphatic heterocycles. The first-order chi connectivity index (χ1) is 27.5. The normalized spacial score (nSPS) is 14.5. The molecule has 0 rings (SSSR count). The van der Waals surface area contributed by atoms with Crippen molar-refractivity contribution < 1.29 is 25.2 Å². The predicted octanol–water partition coefficient (Wildman–Crippen LogP) is 13.1. The van der Waals surface area contributed by atoms with Crippen molar-refractivity contribution in [3.63, 3.8) is 0 Å². The number of nitrogens with one attached hydrogen (secondary N) is 1. The van der Waals surface area contributed by atoms with Gasteiger partial charge in [0, 0.05) is 0 Å². The second-order valence-electron chi connectivity index (χ2n) is 16.4. The third-order valence-electron chi connectivity index (χ3n) is 11.0. The molecule has 4 unspecified atom stereocenters. The van der Waals surface area contributed by atoms with Crippen LogP contribution in [-0.2, 0) is 4.79 Å². The van der Waals surface area contributed by atoms with E-state index in [1.165, 1.54) is 148 Å². The molecular weight excluding hydrogens is 695 g/mol. The Bertz CT molecular complexity index is 930. The zero-order valence-corrected chi connectivity index (χ0v) is 36.9. The lowest BCUT2D eigenvalue weighted by molar-refractivity contribution is -0.132. The van der Waals surface area contributed by atoms with E-state index in [1.54, 1.807) is 0 Å². The van der Waals surface area contributed by atoms with Gasteiger partial charge in [-0.25, -0.2) is 0 Å². The lowest BCUT2D eigenvalue weighted by atomic mass is 10.0. The van der Waals surface area contributed by atoms with Crippen LogP contribution in [0.5, 0.6) is 0 Å². The molecule has 0 aliphatic carbocycles. The van der Waals surface area contributed by atoms with Gasteiger partial charge >= 0.3 is 0 Å². The van der Waals surface area contributed by atoms with Gasteiger partial charge in [-0.1, -0.05) is 197 Å². The van der Waals surface area contributed by atoms with E-state index in [0.717, 1.165) is 44.9 Å². The first kappa shape index (κ1) is 54.3. The summed E-state index contributed by atoms with van der Waals surface area (Å²) >= 11 is 0. The molecule has 0 aromatic heterocycles. The van der Waals surface area contributed by atoms with Crippen LogP contribution in [0.1, 0.15) is 232 Å². The first-order valence-corrected chi connectivity index (χ1v) is 24.0. The largest absolute Gasteiger partial charge is 0.394 e. The molecular formula is C50H93NO5. The third kappa shape index (κ3) is 37.8. The van der Waals surface area contributed by atoms with Gasteiger partial charge in [-0.05, 0) is 83.5 Å². The number of carbonyl (C=O) groups is 1. The molecule has 328 valence electrons. The van der Waals surface area contributed by atoms with Crippen molar-refractivity contribution >= 4 is 5.91 Å². The van der Waals surface area contributed by atoms with E-state index in [2.05, 4.69) is 61.7 Å². The summed E-state index contributed by atoms with van der Waals surface area (Å²) < 4.78 is 0. The number of rotatable bonds is 43. The molecule has 0 aromatic carbocycles. The fourth-order valence-corrected chi connectivity index (χ4v) is 7.14. The molecule has 0 aromatic rings. The van der Waals surface area contributed by atoms with Gasteiger partial charge in [0.05, 0.1) is 18.8 Å². The number of unbranched alkanes of at least 4 members (excludes halogenated alkanes) is 26. The van der Waals surface area contributed by atoms with Crippen molar-refractivity contribution in [1.82, 2.24) is 5.32 Å². The Morgan fingerprint density at radius 2 is 0.750 bits per heavy atom. The summed E-state index contributed by atoms with van der Waals surface area (Å²) in [4.78, 5) is 12.4. The number of aliphatic hydroxyl groups is 4. The Balaban J connectivity index is 3.67. The van der Waals surface area contributed by atoms with Crippen LogP contribution < -0.4 is 5.32 Å².